The average molecular weight is 358 g/mol. The largest absolute Gasteiger partial charge is 0.329 e. The van der Waals surface area contributed by atoms with Crippen molar-refractivity contribution in [1.29, 1.82) is 0 Å². The molecule has 1 aromatic carbocycles. The lowest BCUT2D eigenvalue weighted by Gasteiger charge is -2.33. The van der Waals surface area contributed by atoms with Crippen LogP contribution in [0.3, 0.4) is 0 Å². The molecular weight excluding hydrogens is 333 g/mol. The number of likely N-dealkylation sites (tertiary alicyclic amines) is 1. The second kappa shape index (κ2) is 7.68. The van der Waals surface area contributed by atoms with Gasteiger partial charge in [-0.3, -0.25) is 9.80 Å². The van der Waals surface area contributed by atoms with Crippen LogP contribution in [0.4, 0.5) is 4.39 Å². The molecule has 1 aromatic rings. The molecule has 118 valence electrons. The number of nitrogens with zero attached hydrogens (tertiary/aromatic N) is 2. The van der Waals surface area contributed by atoms with Gasteiger partial charge in [-0.1, -0.05) is 22.9 Å². The van der Waals surface area contributed by atoms with Crippen molar-refractivity contribution in [3.8, 4) is 0 Å². The Hall–Kier alpha value is -0.490. The zero-order valence-corrected chi connectivity index (χ0v) is 14.4. The molecule has 1 aliphatic rings. The van der Waals surface area contributed by atoms with Crippen molar-refractivity contribution in [3.63, 3.8) is 0 Å². The Bertz CT molecular complexity index is 469. The van der Waals surface area contributed by atoms with Gasteiger partial charge in [-0.05, 0) is 56.7 Å². The monoisotopic (exact) mass is 357 g/mol. The molecule has 0 bridgehead atoms. The van der Waals surface area contributed by atoms with Crippen LogP contribution in [0.5, 0.6) is 0 Å². The fourth-order valence-corrected chi connectivity index (χ4v) is 3.80. The maximum atomic E-state index is 13.5. The highest BCUT2D eigenvalue weighted by molar-refractivity contribution is 9.10. The normalized spacial score (nSPS) is 21.1. The molecule has 2 unspecified atom stereocenters. The van der Waals surface area contributed by atoms with Crippen molar-refractivity contribution >= 4 is 15.9 Å². The molecule has 0 saturated carbocycles. The number of nitrogens with two attached hydrogens (primary N) is 1. The Morgan fingerprint density at radius 2 is 2.29 bits per heavy atom. The number of benzene rings is 1. The zero-order chi connectivity index (χ0) is 15.4. The highest BCUT2D eigenvalue weighted by Gasteiger charge is 2.27. The van der Waals surface area contributed by atoms with E-state index >= 15 is 0 Å². The van der Waals surface area contributed by atoms with Crippen LogP contribution in [0.15, 0.2) is 22.7 Å². The number of rotatable bonds is 6. The van der Waals surface area contributed by atoms with Gasteiger partial charge in [0.2, 0.25) is 0 Å². The smallest absolute Gasteiger partial charge is 0.123 e. The van der Waals surface area contributed by atoms with E-state index in [1.165, 1.54) is 25.5 Å². The molecule has 1 heterocycles. The minimum Gasteiger partial charge on any atom is -0.329 e. The molecule has 0 radical (unpaired) electrons. The summed E-state index contributed by atoms with van der Waals surface area (Å²) in [5, 5.41) is 0. The van der Waals surface area contributed by atoms with Crippen LogP contribution >= 0.6 is 15.9 Å². The Balaban J connectivity index is 2.11. The van der Waals surface area contributed by atoms with E-state index in [1.54, 1.807) is 12.1 Å². The van der Waals surface area contributed by atoms with Crippen molar-refractivity contribution < 1.29 is 4.39 Å². The number of likely N-dealkylation sites (N-methyl/N-ethyl adjacent to an activating group) is 2. The molecule has 1 fully saturated rings. The number of halogens is 2. The fourth-order valence-electron chi connectivity index (χ4n) is 3.29. The van der Waals surface area contributed by atoms with Gasteiger partial charge in [-0.2, -0.15) is 0 Å². The molecular formula is C16H25BrFN3. The molecule has 5 heteroatoms. The third-order valence-corrected chi connectivity index (χ3v) is 5.20. The molecule has 2 atom stereocenters. The van der Waals surface area contributed by atoms with Gasteiger partial charge in [0.05, 0.1) is 0 Å². The standard InChI is InChI=1S/C16H25BrFN3/c1-3-21-8-4-5-13(21)11-20(2)16(10-19)14-9-12(18)6-7-15(14)17/h6-7,9,13,16H,3-5,8,10-11,19H2,1-2H3. The average Bonchev–Trinajstić information content (AvgIpc) is 2.90. The highest BCUT2D eigenvalue weighted by atomic mass is 79.9. The summed E-state index contributed by atoms with van der Waals surface area (Å²) in [6, 6.07) is 5.44. The summed E-state index contributed by atoms with van der Waals surface area (Å²) >= 11 is 3.52. The van der Waals surface area contributed by atoms with Gasteiger partial charge in [-0.15, -0.1) is 0 Å². The summed E-state index contributed by atoms with van der Waals surface area (Å²) < 4.78 is 14.5. The van der Waals surface area contributed by atoms with Crippen LogP contribution in [0.25, 0.3) is 0 Å². The Morgan fingerprint density at radius 3 is 2.95 bits per heavy atom. The molecule has 2 N–H and O–H groups in total. The van der Waals surface area contributed by atoms with Crippen LogP contribution in [0.2, 0.25) is 0 Å². The number of hydrogen-bond donors (Lipinski definition) is 1. The lowest BCUT2D eigenvalue weighted by molar-refractivity contribution is 0.165. The maximum absolute atomic E-state index is 13.5. The van der Waals surface area contributed by atoms with Crippen molar-refractivity contribution in [1.82, 2.24) is 9.80 Å². The predicted molar refractivity (Wildman–Crippen MR) is 88.8 cm³/mol. The minimum atomic E-state index is -0.212. The molecule has 1 aliphatic heterocycles. The summed E-state index contributed by atoms with van der Waals surface area (Å²) in [6.45, 7) is 5.94. The van der Waals surface area contributed by atoms with E-state index in [2.05, 4.69) is 39.7 Å². The minimum absolute atomic E-state index is 0.0365. The van der Waals surface area contributed by atoms with Gasteiger partial charge in [-0.25, -0.2) is 4.39 Å². The first kappa shape index (κ1) is 16.9. The molecule has 0 amide bonds. The molecule has 3 nitrogen and oxygen atoms in total. The van der Waals surface area contributed by atoms with Crippen LogP contribution in [0.1, 0.15) is 31.4 Å². The summed E-state index contributed by atoms with van der Waals surface area (Å²) in [4.78, 5) is 4.78. The van der Waals surface area contributed by atoms with E-state index in [-0.39, 0.29) is 11.9 Å². The Kier molecular flexibility index (Phi) is 6.17. The second-order valence-corrected chi connectivity index (χ2v) is 6.64. The van der Waals surface area contributed by atoms with E-state index in [9.17, 15) is 4.39 Å². The van der Waals surface area contributed by atoms with Crippen LogP contribution in [-0.2, 0) is 0 Å². The third-order valence-electron chi connectivity index (χ3n) is 4.48. The van der Waals surface area contributed by atoms with E-state index in [0.29, 0.717) is 12.6 Å². The lowest BCUT2D eigenvalue weighted by Crippen LogP contribution is -2.41. The van der Waals surface area contributed by atoms with Gasteiger partial charge < -0.3 is 5.73 Å². The summed E-state index contributed by atoms with van der Waals surface area (Å²) in [6.07, 6.45) is 2.50. The first-order valence-corrected chi connectivity index (χ1v) is 8.45. The van der Waals surface area contributed by atoms with Gasteiger partial charge in [0.15, 0.2) is 0 Å². The van der Waals surface area contributed by atoms with E-state index in [4.69, 9.17) is 5.73 Å². The van der Waals surface area contributed by atoms with Crippen molar-refractivity contribution in [2.24, 2.45) is 5.73 Å². The van der Waals surface area contributed by atoms with Gasteiger partial charge in [0.1, 0.15) is 5.82 Å². The SMILES string of the molecule is CCN1CCCC1CN(C)C(CN)c1cc(F)ccc1Br. The third kappa shape index (κ3) is 4.03. The summed E-state index contributed by atoms with van der Waals surface area (Å²) in [7, 11) is 2.08. The number of hydrogen-bond acceptors (Lipinski definition) is 3. The molecule has 2 rings (SSSR count). The first-order chi connectivity index (χ1) is 10.1. The second-order valence-electron chi connectivity index (χ2n) is 5.78. The van der Waals surface area contributed by atoms with E-state index in [0.717, 1.165) is 23.1 Å². The topological polar surface area (TPSA) is 32.5 Å². The van der Waals surface area contributed by atoms with Crippen molar-refractivity contribution in [2.45, 2.75) is 31.8 Å². The molecule has 0 aromatic heterocycles. The van der Waals surface area contributed by atoms with Crippen LogP contribution in [0, 0.1) is 5.82 Å². The Labute approximate surface area is 135 Å². The molecule has 0 spiro atoms. The van der Waals surface area contributed by atoms with Crippen LogP contribution < -0.4 is 5.73 Å². The summed E-state index contributed by atoms with van der Waals surface area (Å²) in [5.74, 6) is -0.212. The maximum Gasteiger partial charge on any atom is 0.123 e. The summed E-state index contributed by atoms with van der Waals surface area (Å²) in [5.41, 5.74) is 6.90. The Morgan fingerprint density at radius 1 is 1.52 bits per heavy atom. The van der Waals surface area contributed by atoms with E-state index < -0.39 is 0 Å². The van der Waals surface area contributed by atoms with Gasteiger partial charge in [0.25, 0.3) is 0 Å². The van der Waals surface area contributed by atoms with Gasteiger partial charge in [0, 0.05) is 29.6 Å². The lowest BCUT2D eigenvalue weighted by atomic mass is 10.0. The highest BCUT2D eigenvalue weighted by Crippen LogP contribution is 2.29. The first-order valence-electron chi connectivity index (χ1n) is 7.66. The molecule has 0 aliphatic carbocycles. The van der Waals surface area contributed by atoms with Crippen molar-refractivity contribution in [3.05, 3.63) is 34.1 Å². The van der Waals surface area contributed by atoms with Crippen LogP contribution in [-0.4, -0.2) is 49.1 Å². The fraction of sp³-hybridized carbons (Fsp3) is 0.625. The van der Waals surface area contributed by atoms with Crippen molar-refractivity contribution in [2.75, 3.05) is 33.2 Å². The zero-order valence-electron chi connectivity index (χ0n) is 12.9. The molecule has 21 heavy (non-hydrogen) atoms. The van der Waals surface area contributed by atoms with E-state index in [1.807, 2.05) is 0 Å². The quantitative estimate of drug-likeness (QED) is 0.849. The van der Waals surface area contributed by atoms with Gasteiger partial charge >= 0.3 is 0 Å². The predicted octanol–water partition coefficient (Wildman–Crippen LogP) is 3.00. The molecule has 1 saturated heterocycles.